The molecule has 35 heavy (non-hydrogen) atoms. The van der Waals surface area contributed by atoms with Crippen molar-refractivity contribution >= 4 is 18.0 Å². The molecule has 1 heterocycles. The van der Waals surface area contributed by atoms with Crippen molar-refractivity contribution in [2.45, 2.75) is 19.4 Å². The Kier molecular flexibility index (Phi) is 6.96. The standard InChI is InChI=1S/C26H26N4O5/c1-16(25(32)33)11-12-27-24(31)23-13-17(29-30(23)2)14-28-26(34)35-15-22-20-9-5-3-7-18(20)19-8-4-6-10-21(19)22/h3-11,13,22H,12,14-15H2,1-2H3,(H,27,31)(H,28,34)(H,32,33)/b16-11+. The largest absolute Gasteiger partial charge is 0.478 e. The Morgan fingerprint density at radius 2 is 1.69 bits per heavy atom. The van der Waals surface area contributed by atoms with Crippen molar-refractivity contribution in [2.24, 2.45) is 7.05 Å². The van der Waals surface area contributed by atoms with Gasteiger partial charge in [0.25, 0.3) is 5.91 Å². The molecule has 4 rings (SSSR count). The van der Waals surface area contributed by atoms with Gasteiger partial charge in [0.1, 0.15) is 12.3 Å². The van der Waals surface area contributed by atoms with E-state index in [0.29, 0.717) is 5.69 Å². The van der Waals surface area contributed by atoms with Gasteiger partial charge in [0.2, 0.25) is 0 Å². The number of hydrogen-bond acceptors (Lipinski definition) is 5. The van der Waals surface area contributed by atoms with Crippen molar-refractivity contribution < 1.29 is 24.2 Å². The number of aromatic nitrogens is 2. The molecule has 2 amide bonds. The van der Waals surface area contributed by atoms with E-state index >= 15 is 0 Å². The van der Waals surface area contributed by atoms with Crippen molar-refractivity contribution in [2.75, 3.05) is 13.2 Å². The lowest BCUT2D eigenvalue weighted by Crippen LogP contribution is -2.26. The number of nitrogens with one attached hydrogen (secondary N) is 2. The van der Waals surface area contributed by atoms with Gasteiger partial charge in [-0.1, -0.05) is 54.6 Å². The zero-order valence-corrected chi connectivity index (χ0v) is 19.4. The molecule has 0 aliphatic heterocycles. The van der Waals surface area contributed by atoms with E-state index < -0.39 is 18.0 Å². The molecular weight excluding hydrogens is 448 g/mol. The van der Waals surface area contributed by atoms with Crippen LogP contribution in [0.5, 0.6) is 0 Å². The molecule has 0 spiro atoms. The summed E-state index contributed by atoms with van der Waals surface area (Å²) in [7, 11) is 1.62. The molecule has 9 heteroatoms. The van der Waals surface area contributed by atoms with Gasteiger partial charge in [-0.15, -0.1) is 0 Å². The molecule has 9 nitrogen and oxygen atoms in total. The molecule has 0 fully saturated rings. The number of amides is 2. The fourth-order valence-electron chi connectivity index (χ4n) is 4.11. The van der Waals surface area contributed by atoms with Gasteiger partial charge in [-0.3, -0.25) is 9.48 Å². The van der Waals surface area contributed by atoms with Crippen LogP contribution in [-0.4, -0.2) is 46.0 Å². The summed E-state index contributed by atoms with van der Waals surface area (Å²) in [5, 5.41) is 18.4. The van der Waals surface area contributed by atoms with Gasteiger partial charge in [0, 0.05) is 25.1 Å². The highest BCUT2D eigenvalue weighted by Crippen LogP contribution is 2.44. The Labute approximate surface area is 202 Å². The van der Waals surface area contributed by atoms with Crippen LogP contribution < -0.4 is 10.6 Å². The third kappa shape index (κ3) is 5.24. The second-order valence-electron chi connectivity index (χ2n) is 8.23. The lowest BCUT2D eigenvalue weighted by atomic mass is 9.98. The maximum Gasteiger partial charge on any atom is 0.407 e. The SMILES string of the molecule is C/C(=C\CNC(=O)c1cc(CNC(=O)OCC2c3ccccc3-c3ccccc32)nn1C)C(=O)O. The zero-order valence-electron chi connectivity index (χ0n) is 19.4. The van der Waals surface area contributed by atoms with E-state index in [1.54, 1.807) is 13.1 Å². The molecule has 0 bridgehead atoms. The summed E-state index contributed by atoms with van der Waals surface area (Å²) < 4.78 is 6.92. The molecule has 3 N–H and O–H groups in total. The quantitative estimate of drug-likeness (QED) is 0.431. The van der Waals surface area contributed by atoms with Gasteiger partial charge in [0.05, 0.1) is 12.2 Å². The lowest BCUT2D eigenvalue weighted by molar-refractivity contribution is -0.132. The van der Waals surface area contributed by atoms with Crippen LogP contribution in [0.4, 0.5) is 4.79 Å². The van der Waals surface area contributed by atoms with Crippen molar-refractivity contribution in [1.29, 1.82) is 0 Å². The number of benzene rings is 2. The Morgan fingerprint density at radius 1 is 1.06 bits per heavy atom. The number of carboxylic acids is 1. The molecular formula is C26H26N4O5. The fourth-order valence-corrected chi connectivity index (χ4v) is 4.11. The van der Waals surface area contributed by atoms with E-state index in [9.17, 15) is 14.4 Å². The molecule has 1 aliphatic rings. The van der Waals surface area contributed by atoms with Crippen LogP contribution in [-0.2, 0) is 23.1 Å². The van der Waals surface area contributed by atoms with Crippen LogP contribution in [0, 0.1) is 0 Å². The van der Waals surface area contributed by atoms with Gasteiger partial charge < -0.3 is 20.5 Å². The number of aliphatic carboxylic acids is 1. The van der Waals surface area contributed by atoms with Crippen LogP contribution in [0.3, 0.4) is 0 Å². The van der Waals surface area contributed by atoms with Crippen molar-refractivity contribution in [1.82, 2.24) is 20.4 Å². The first-order chi connectivity index (χ1) is 16.8. The van der Waals surface area contributed by atoms with E-state index in [2.05, 4.69) is 40.0 Å². The van der Waals surface area contributed by atoms with Crippen LogP contribution in [0.15, 0.2) is 66.2 Å². The number of ether oxygens (including phenoxy) is 1. The lowest BCUT2D eigenvalue weighted by Gasteiger charge is -2.14. The van der Waals surface area contributed by atoms with Gasteiger partial charge in [-0.05, 0) is 35.2 Å². The summed E-state index contributed by atoms with van der Waals surface area (Å²) in [6.45, 7) is 1.83. The summed E-state index contributed by atoms with van der Waals surface area (Å²) in [6, 6.07) is 17.8. The summed E-state index contributed by atoms with van der Waals surface area (Å²) in [4.78, 5) is 35.6. The Balaban J connectivity index is 1.31. The van der Waals surface area contributed by atoms with Crippen LogP contribution in [0.1, 0.15) is 40.2 Å². The van der Waals surface area contributed by atoms with Crippen molar-refractivity contribution in [3.05, 3.63) is 88.8 Å². The van der Waals surface area contributed by atoms with Crippen molar-refractivity contribution in [3.8, 4) is 11.1 Å². The Hall–Kier alpha value is -4.40. The number of nitrogens with zero attached hydrogens (tertiary/aromatic N) is 2. The number of alkyl carbamates (subject to hydrolysis) is 1. The second kappa shape index (κ2) is 10.3. The molecule has 0 unspecified atom stereocenters. The third-order valence-corrected chi connectivity index (χ3v) is 5.93. The van der Waals surface area contributed by atoms with E-state index in [1.165, 1.54) is 17.7 Å². The smallest absolute Gasteiger partial charge is 0.407 e. The first kappa shape index (κ1) is 23.7. The number of carbonyl (C=O) groups excluding carboxylic acids is 2. The fraction of sp³-hybridized carbons (Fsp3) is 0.231. The molecule has 0 radical (unpaired) electrons. The van der Waals surface area contributed by atoms with Crippen molar-refractivity contribution in [3.63, 3.8) is 0 Å². The maximum atomic E-state index is 12.4. The normalized spacial score (nSPS) is 12.6. The minimum atomic E-state index is -1.04. The zero-order chi connectivity index (χ0) is 24.9. The minimum Gasteiger partial charge on any atom is -0.478 e. The maximum absolute atomic E-state index is 12.4. The summed E-state index contributed by atoms with van der Waals surface area (Å²) in [5.74, 6) is -1.47. The number of rotatable bonds is 8. The first-order valence-corrected chi connectivity index (χ1v) is 11.1. The molecule has 180 valence electrons. The average Bonchev–Trinajstić information content (AvgIpc) is 3.38. The number of carbonyl (C=O) groups is 3. The second-order valence-corrected chi connectivity index (χ2v) is 8.23. The molecule has 1 aromatic heterocycles. The number of fused-ring (bicyclic) bond motifs is 3. The van der Waals surface area contributed by atoms with Gasteiger partial charge in [-0.2, -0.15) is 5.10 Å². The summed E-state index contributed by atoms with van der Waals surface area (Å²) in [6.07, 6.45) is 0.841. The monoisotopic (exact) mass is 474 g/mol. The molecule has 0 atom stereocenters. The predicted octanol–water partition coefficient (Wildman–Crippen LogP) is 3.22. The molecule has 2 aromatic carbocycles. The van der Waals surface area contributed by atoms with Gasteiger partial charge in [-0.25, -0.2) is 9.59 Å². The van der Waals surface area contributed by atoms with E-state index in [4.69, 9.17) is 9.84 Å². The number of carboxylic acid groups (broad SMARTS) is 1. The van der Waals surface area contributed by atoms with Crippen LogP contribution in [0.2, 0.25) is 0 Å². The minimum absolute atomic E-state index is 0.0305. The molecule has 0 saturated heterocycles. The van der Waals surface area contributed by atoms with Crippen LogP contribution in [0.25, 0.3) is 11.1 Å². The molecule has 1 aliphatic carbocycles. The Bertz CT molecular complexity index is 1270. The van der Waals surface area contributed by atoms with E-state index in [1.807, 2.05) is 24.3 Å². The third-order valence-electron chi connectivity index (χ3n) is 5.93. The first-order valence-electron chi connectivity index (χ1n) is 11.1. The van der Waals surface area contributed by atoms with Gasteiger partial charge >= 0.3 is 12.1 Å². The average molecular weight is 475 g/mol. The molecule has 3 aromatic rings. The molecule has 0 saturated carbocycles. The highest BCUT2D eigenvalue weighted by Gasteiger charge is 2.29. The van der Waals surface area contributed by atoms with Crippen LogP contribution >= 0.6 is 0 Å². The topological polar surface area (TPSA) is 123 Å². The highest BCUT2D eigenvalue weighted by atomic mass is 16.5. The number of aryl methyl sites for hydroxylation is 1. The van der Waals surface area contributed by atoms with E-state index in [0.717, 1.165) is 22.3 Å². The summed E-state index contributed by atoms with van der Waals surface area (Å²) >= 11 is 0. The summed E-state index contributed by atoms with van der Waals surface area (Å²) in [5.41, 5.74) is 5.50. The highest BCUT2D eigenvalue weighted by molar-refractivity contribution is 5.93. The number of hydrogen-bond donors (Lipinski definition) is 3. The van der Waals surface area contributed by atoms with Gasteiger partial charge in [0.15, 0.2) is 0 Å². The Morgan fingerprint density at radius 3 is 2.31 bits per heavy atom. The predicted molar refractivity (Wildman–Crippen MR) is 129 cm³/mol. The van der Waals surface area contributed by atoms with E-state index in [-0.39, 0.29) is 36.9 Å².